The van der Waals surface area contributed by atoms with E-state index in [9.17, 15) is 4.79 Å². The summed E-state index contributed by atoms with van der Waals surface area (Å²) in [5.74, 6) is 0.838. The van der Waals surface area contributed by atoms with Crippen LogP contribution in [0.1, 0.15) is 56.0 Å². The number of piperidine rings is 1. The van der Waals surface area contributed by atoms with Gasteiger partial charge in [-0.25, -0.2) is 9.97 Å². The van der Waals surface area contributed by atoms with Crippen molar-refractivity contribution in [2.75, 3.05) is 13.1 Å². The van der Waals surface area contributed by atoms with Gasteiger partial charge in [0.15, 0.2) is 5.65 Å². The molecule has 1 amide bonds. The second-order valence-electron chi connectivity index (χ2n) is 8.49. The molecule has 2 fully saturated rings. The Morgan fingerprint density at radius 1 is 0.931 bits per heavy atom. The zero-order valence-electron chi connectivity index (χ0n) is 16.8. The fourth-order valence-corrected chi connectivity index (χ4v) is 5.26. The van der Waals surface area contributed by atoms with Crippen molar-refractivity contribution < 1.29 is 4.79 Å². The molecule has 5 rings (SSSR count). The lowest BCUT2D eigenvalue weighted by atomic mass is 9.83. The standard InChI is InChI=1S/C24H28N4O/c29-24(22(19-9-4-5-10-19)18-7-2-1-3-8-18)27-15-12-20(13-16-27)28-17-26-21-11-6-14-25-23(21)28/h1-3,6-8,11,14,17,19-20,22H,4-5,9-10,12-13,15-16H2/t22-/m0/s1. The number of likely N-dealkylation sites (tertiary alicyclic amines) is 1. The number of rotatable bonds is 4. The van der Waals surface area contributed by atoms with Crippen molar-refractivity contribution in [1.29, 1.82) is 0 Å². The molecule has 0 bridgehead atoms. The summed E-state index contributed by atoms with van der Waals surface area (Å²) in [5, 5.41) is 0. The van der Waals surface area contributed by atoms with Crippen LogP contribution >= 0.6 is 0 Å². The van der Waals surface area contributed by atoms with E-state index >= 15 is 0 Å². The number of fused-ring (bicyclic) bond motifs is 1. The largest absolute Gasteiger partial charge is 0.342 e. The van der Waals surface area contributed by atoms with Gasteiger partial charge in [0.1, 0.15) is 5.52 Å². The summed E-state index contributed by atoms with van der Waals surface area (Å²) in [6.07, 6.45) is 10.5. The van der Waals surface area contributed by atoms with Crippen molar-refractivity contribution in [2.24, 2.45) is 5.92 Å². The topological polar surface area (TPSA) is 51.0 Å². The predicted molar refractivity (Wildman–Crippen MR) is 114 cm³/mol. The van der Waals surface area contributed by atoms with E-state index < -0.39 is 0 Å². The van der Waals surface area contributed by atoms with E-state index in [0.717, 1.165) is 37.1 Å². The Bertz CT molecular complexity index is 969. The number of aromatic nitrogens is 3. The maximum Gasteiger partial charge on any atom is 0.230 e. The number of hydrogen-bond acceptors (Lipinski definition) is 3. The highest BCUT2D eigenvalue weighted by molar-refractivity contribution is 5.84. The molecule has 1 atom stereocenters. The minimum absolute atomic E-state index is 0.0194. The van der Waals surface area contributed by atoms with Crippen LogP contribution in [0.15, 0.2) is 55.0 Å². The summed E-state index contributed by atoms with van der Waals surface area (Å²) in [4.78, 5) is 24.7. The Kier molecular flexibility index (Phi) is 5.04. The second-order valence-corrected chi connectivity index (χ2v) is 8.49. The summed E-state index contributed by atoms with van der Waals surface area (Å²) in [5.41, 5.74) is 3.08. The van der Waals surface area contributed by atoms with Gasteiger partial charge in [-0.3, -0.25) is 4.79 Å². The lowest BCUT2D eigenvalue weighted by Gasteiger charge is -2.36. The molecule has 1 saturated heterocycles. The molecule has 29 heavy (non-hydrogen) atoms. The highest BCUT2D eigenvalue weighted by Gasteiger charge is 2.36. The third-order valence-corrected chi connectivity index (χ3v) is 6.80. The van der Waals surface area contributed by atoms with Crippen molar-refractivity contribution in [3.8, 4) is 0 Å². The van der Waals surface area contributed by atoms with Crippen molar-refractivity contribution >= 4 is 17.1 Å². The van der Waals surface area contributed by atoms with Gasteiger partial charge in [0.2, 0.25) is 5.91 Å². The summed E-state index contributed by atoms with van der Waals surface area (Å²) >= 11 is 0. The number of imidazole rings is 1. The van der Waals surface area contributed by atoms with Gasteiger partial charge in [-0.15, -0.1) is 0 Å². The number of amides is 1. The number of pyridine rings is 1. The normalized spacial score (nSPS) is 19.7. The molecule has 1 aliphatic carbocycles. The Morgan fingerprint density at radius 3 is 2.45 bits per heavy atom. The van der Waals surface area contributed by atoms with Crippen LogP contribution < -0.4 is 0 Å². The molecule has 2 aromatic heterocycles. The SMILES string of the molecule is O=C([C@@H](c1ccccc1)C1CCCC1)N1CCC(n2cnc3cccnc32)CC1. The van der Waals surface area contributed by atoms with Gasteiger partial charge in [-0.05, 0) is 49.3 Å². The van der Waals surface area contributed by atoms with Crippen LogP contribution in [-0.2, 0) is 4.79 Å². The van der Waals surface area contributed by atoms with Gasteiger partial charge >= 0.3 is 0 Å². The van der Waals surface area contributed by atoms with Crippen LogP contribution in [0.2, 0.25) is 0 Å². The van der Waals surface area contributed by atoms with Crippen LogP contribution in [0.25, 0.3) is 11.2 Å². The molecule has 1 aliphatic heterocycles. The Labute approximate surface area is 171 Å². The molecule has 1 saturated carbocycles. The average Bonchev–Trinajstić information content (AvgIpc) is 3.45. The molecule has 2 aliphatic rings. The molecule has 150 valence electrons. The molecule has 5 nitrogen and oxygen atoms in total. The van der Waals surface area contributed by atoms with Crippen molar-refractivity contribution in [3.63, 3.8) is 0 Å². The van der Waals surface area contributed by atoms with Crippen LogP contribution in [0.3, 0.4) is 0 Å². The number of carbonyl (C=O) groups excluding carboxylic acids is 1. The first kappa shape index (κ1) is 18.3. The van der Waals surface area contributed by atoms with Crippen LogP contribution in [0, 0.1) is 5.92 Å². The van der Waals surface area contributed by atoms with E-state index in [0.29, 0.717) is 17.9 Å². The van der Waals surface area contributed by atoms with Crippen LogP contribution in [0.5, 0.6) is 0 Å². The lowest BCUT2D eigenvalue weighted by Crippen LogP contribution is -2.43. The zero-order chi connectivity index (χ0) is 19.6. The maximum atomic E-state index is 13.6. The van der Waals surface area contributed by atoms with Gasteiger partial charge in [0.25, 0.3) is 0 Å². The first-order chi connectivity index (χ1) is 14.3. The molecule has 3 aromatic rings. The molecule has 0 spiro atoms. The first-order valence-electron chi connectivity index (χ1n) is 10.9. The lowest BCUT2D eigenvalue weighted by molar-refractivity contribution is -0.135. The smallest absolute Gasteiger partial charge is 0.230 e. The maximum absolute atomic E-state index is 13.6. The molecule has 3 heterocycles. The summed E-state index contributed by atoms with van der Waals surface area (Å²) < 4.78 is 2.20. The van der Waals surface area contributed by atoms with E-state index in [-0.39, 0.29) is 5.92 Å². The zero-order valence-corrected chi connectivity index (χ0v) is 16.8. The quantitative estimate of drug-likeness (QED) is 0.658. The fourth-order valence-electron chi connectivity index (χ4n) is 5.26. The van der Waals surface area contributed by atoms with Gasteiger partial charge in [-0.2, -0.15) is 0 Å². The molecule has 5 heteroatoms. The minimum atomic E-state index is 0.0194. The summed E-state index contributed by atoms with van der Waals surface area (Å²) in [7, 11) is 0. The Morgan fingerprint density at radius 2 is 1.69 bits per heavy atom. The van der Waals surface area contributed by atoms with Gasteiger partial charge in [0, 0.05) is 25.3 Å². The summed E-state index contributed by atoms with van der Waals surface area (Å²) in [6, 6.07) is 14.7. The van der Waals surface area contributed by atoms with E-state index in [1.54, 1.807) is 0 Å². The molecule has 0 radical (unpaired) electrons. The number of carbonyl (C=O) groups is 1. The van der Waals surface area contributed by atoms with Gasteiger partial charge < -0.3 is 9.47 Å². The molecule has 1 aromatic carbocycles. The number of benzene rings is 1. The Balaban J connectivity index is 1.32. The molecule has 0 unspecified atom stereocenters. The number of nitrogens with zero attached hydrogens (tertiary/aromatic N) is 4. The first-order valence-corrected chi connectivity index (χ1v) is 10.9. The number of hydrogen-bond donors (Lipinski definition) is 0. The monoisotopic (exact) mass is 388 g/mol. The van der Waals surface area contributed by atoms with E-state index in [4.69, 9.17) is 0 Å². The predicted octanol–water partition coefficient (Wildman–Crippen LogP) is 4.57. The molecular weight excluding hydrogens is 360 g/mol. The van der Waals surface area contributed by atoms with Crippen LogP contribution in [-0.4, -0.2) is 38.4 Å². The third kappa shape index (κ3) is 3.54. The van der Waals surface area contributed by atoms with Gasteiger partial charge in [0.05, 0.1) is 12.2 Å². The highest BCUT2D eigenvalue weighted by Crippen LogP contribution is 2.39. The molecular formula is C24H28N4O. The Hall–Kier alpha value is -2.69. The van der Waals surface area contributed by atoms with Crippen LogP contribution in [0.4, 0.5) is 0 Å². The van der Waals surface area contributed by atoms with Crippen molar-refractivity contribution in [1.82, 2.24) is 19.4 Å². The minimum Gasteiger partial charge on any atom is -0.342 e. The molecule has 0 N–H and O–H groups in total. The van der Waals surface area contributed by atoms with E-state index in [1.165, 1.54) is 31.2 Å². The van der Waals surface area contributed by atoms with Crippen molar-refractivity contribution in [2.45, 2.75) is 50.5 Å². The summed E-state index contributed by atoms with van der Waals surface area (Å²) in [6.45, 7) is 1.62. The highest BCUT2D eigenvalue weighted by atomic mass is 16.2. The fraction of sp³-hybridized carbons (Fsp3) is 0.458. The average molecular weight is 389 g/mol. The third-order valence-electron chi connectivity index (χ3n) is 6.80. The van der Waals surface area contributed by atoms with Crippen molar-refractivity contribution in [3.05, 3.63) is 60.6 Å². The van der Waals surface area contributed by atoms with E-state index in [2.05, 4.69) is 43.7 Å². The van der Waals surface area contributed by atoms with Gasteiger partial charge in [-0.1, -0.05) is 43.2 Å². The van der Waals surface area contributed by atoms with E-state index in [1.807, 2.05) is 30.7 Å². The second kappa shape index (κ2) is 7.97.